The second-order valence-electron chi connectivity index (χ2n) is 4.57. The van der Waals surface area contributed by atoms with E-state index in [1.165, 1.54) is 12.1 Å². The van der Waals surface area contributed by atoms with Crippen molar-refractivity contribution < 1.29 is 17.2 Å². The first-order chi connectivity index (χ1) is 8.94. The van der Waals surface area contributed by atoms with Gasteiger partial charge in [-0.1, -0.05) is 6.07 Å². The monoisotopic (exact) mass is 290 g/mol. The SMILES string of the molecule is NCc1ccc(N2CCCS(=O)(=O)CC2)c(F)c1F. The first-order valence-electron chi connectivity index (χ1n) is 6.07. The van der Waals surface area contributed by atoms with Crippen molar-refractivity contribution in [3.63, 3.8) is 0 Å². The molecule has 4 nitrogen and oxygen atoms in total. The molecule has 1 aliphatic heterocycles. The topological polar surface area (TPSA) is 63.4 Å². The third-order valence-corrected chi connectivity index (χ3v) is 4.97. The van der Waals surface area contributed by atoms with E-state index < -0.39 is 21.5 Å². The third-order valence-electron chi connectivity index (χ3n) is 3.26. The number of anilines is 1. The van der Waals surface area contributed by atoms with Gasteiger partial charge >= 0.3 is 0 Å². The lowest BCUT2D eigenvalue weighted by Gasteiger charge is -2.23. The number of nitrogens with two attached hydrogens (primary N) is 1. The van der Waals surface area contributed by atoms with Gasteiger partial charge in [0.1, 0.15) is 0 Å². The zero-order chi connectivity index (χ0) is 14.0. The van der Waals surface area contributed by atoms with E-state index in [9.17, 15) is 17.2 Å². The van der Waals surface area contributed by atoms with Gasteiger partial charge in [-0.25, -0.2) is 17.2 Å². The number of hydrogen-bond acceptors (Lipinski definition) is 4. The summed E-state index contributed by atoms with van der Waals surface area (Å²) in [5, 5.41) is 0. The summed E-state index contributed by atoms with van der Waals surface area (Å²) in [5.41, 5.74) is 5.53. The van der Waals surface area contributed by atoms with E-state index in [2.05, 4.69) is 0 Å². The van der Waals surface area contributed by atoms with E-state index in [-0.39, 0.29) is 35.8 Å². The number of sulfone groups is 1. The number of hydrogen-bond donors (Lipinski definition) is 1. The Balaban J connectivity index is 2.30. The minimum atomic E-state index is -3.07. The highest BCUT2D eigenvalue weighted by atomic mass is 32.2. The molecule has 0 aliphatic carbocycles. The fraction of sp³-hybridized carbons (Fsp3) is 0.500. The molecule has 106 valence electrons. The summed E-state index contributed by atoms with van der Waals surface area (Å²) in [6.07, 6.45) is 0.419. The fourth-order valence-corrected chi connectivity index (χ4v) is 3.43. The van der Waals surface area contributed by atoms with Gasteiger partial charge in [0.2, 0.25) is 0 Å². The van der Waals surface area contributed by atoms with Crippen LogP contribution in [0.4, 0.5) is 14.5 Å². The Morgan fingerprint density at radius 1 is 1.16 bits per heavy atom. The molecule has 19 heavy (non-hydrogen) atoms. The van der Waals surface area contributed by atoms with Crippen molar-refractivity contribution >= 4 is 15.5 Å². The summed E-state index contributed by atoms with van der Waals surface area (Å²) in [7, 11) is -3.07. The molecule has 1 aromatic rings. The van der Waals surface area contributed by atoms with Crippen molar-refractivity contribution in [2.24, 2.45) is 5.73 Å². The van der Waals surface area contributed by atoms with Gasteiger partial charge in [-0.15, -0.1) is 0 Å². The van der Waals surface area contributed by atoms with Crippen molar-refractivity contribution in [2.45, 2.75) is 13.0 Å². The van der Waals surface area contributed by atoms with Crippen LogP contribution in [0.25, 0.3) is 0 Å². The molecule has 0 radical (unpaired) electrons. The van der Waals surface area contributed by atoms with Crippen LogP contribution in [0, 0.1) is 11.6 Å². The summed E-state index contributed by atoms with van der Waals surface area (Å²) < 4.78 is 50.6. The van der Waals surface area contributed by atoms with Gasteiger partial charge in [-0.3, -0.25) is 0 Å². The first kappa shape index (κ1) is 14.2. The van der Waals surface area contributed by atoms with Crippen LogP contribution >= 0.6 is 0 Å². The van der Waals surface area contributed by atoms with Gasteiger partial charge in [-0.2, -0.15) is 0 Å². The number of benzene rings is 1. The summed E-state index contributed by atoms with van der Waals surface area (Å²) in [4.78, 5) is 1.57. The molecule has 7 heteroatoms. The molecule has 2 N–H and O–H groups in total. The van der Waals surface area contributed by atoms with E-state index >= 15 is 0 Å². The van der Waals surface area contributed by atoms with Gasteiger partial charge in [0, 0.05) is 25.2 Å². The van der Waals surface area contributed by atoms with Crippen molar-refractivity contribution in [3.05, 3.63) is 29.3 Å². The molecule has 0 spiro atoms. The van der Waals surface area contributed by atoms with E-state index in [4.69, 9.17) is 5.73 Å². The Morgan fingerprint density at radius 2 is 1.89 bits per heavy atom. The molecule has 0 saturated carbocycles. The zero-order valence-electron chi connectivity index (χ0n) is 10.4. The maximum atomic E-state index is 13.9. The summed E-state index contributed by atoms with van der Waals surface area (Å²) >= 11 is 0. The van der Waals surface area contributed by atoms with Gasteiger partial charge in [-0.05, 0) is 12.5 Å². The maximum Gasteiger partial charge on any atom is 0.182 e. The van der Waals surface area contributed by atoms with E-state index in [1.807, 2.05) is 0 Å². The predicted octanol–water partition coefficient (Wildman–Crippen LogP) is 1.05. The number of rotatable bonds is 2. The Morgan fingerprint density at radius 3 is 2.58 bits per heavy atom. The summed E-state index contributed by atoms with van der Waals surface area (Å²) in [6.45, 7) is 0.510. The van der Waals surface area contributed by atoms with Crippen molar-refractivity contribution in [2.75, 3.05) is 29.5 Å². The molecular weight excluding hydrogens is 274 g/mol. The fourth-order valence-electron chi connectivity index (χ4n) is 2.16. The van der Waals surface area contributed by atoms with Crippen LogP contribution in [0.5, 0.6) is 0 Å². The van der Waals surface area contributed by atoms with Crippen LogP contribution in [0.1, 0.15) is 12.0 Å². The molecule has 1 fully saturated rings. The Bertz CT molecular complexity index is 575. The Hall–Kier alpha value is -1.21. The lowest BCUT2D eigenvalue weighted by atomic mass is 10.1. The lowest BCUT2D eigenvalue weighted by molar-refractivity contribution is 0.497. The largest absolute Gasteiger partial charge is 0.368 e. The average Bonchev–Trinajstić information content (AvgIpc) is 2.54. The van der Waals surface area contributed by atoms with Crippen LogP contribution < -0.4 is 10.6 Å². The standard InChI is InChI=1S/C12H16F2N2O2S/c13-11-9(8-15)2-3-10(12(11)14)16-4-1-6-19(17,18)7-5-16/h2-3H,1,4-8,15H2. The quantitative estimate of drug-likeness (QED) is 0.884. The molecule has 1 aliphatic rings. The molecule has 0 amide bonds. The van der Waals surface area contributed by atoms with Crippen molar-refractivity contribution in [1.29, 1.82) is 0 Å². The smallest absolute Gasteiger partial charge is 0.182 e. The van der Waals surface area contributed by atoms with Crippen LogP contribution in [-0.2, 0) is 16.4 Å². The van der Waals surface area contributed by atoms with Crippen LogP contribution in [0.3, 0.4) is 0 Å². The molecule has 0 aromatic heterocycles. The Kier molecular flexibility index (Phi) is 4.05. The van der Waals surface area contributed by atoms with Crippen molar-refractivity contribution in [3.8, 4) is 0 Å². The number of nitrogens with zero attached hydrogens (tertiary/aromatic N) is 1. The summed E-state index contributed by atoms with van der Waals surface area (Å²) in [6, 6.07) is 2.89. The minimum absolute atomic E-state index is 0.0350. The highest BCUT2D eigenvalue weighted by molar-refractivity contribution is 7.91. The van der Waals surface area contributed by atoms with Gasteiger partial charge in [0.15, 0.2) is 21.5 Å². The number of halogens is 2. The lowest BCUT2D eigenvalue weighted by Crippen LogP contribution is -2.28. The molecule has 2 rings (SSSR count). The predicted molar refractivity (Wildman–Crippen MR) is 69.7 cm³/mol. The van der Waals surface area contributed by atoms with Crippen molar-refractivity contribution in [1.82, 2.24) is 0 Å². The van der Waals surface area contributed by atoms with Crippen LogP contribution in [0.2, 0.25) is 0 Å². The normalized spacial score (nSPS) is 19.2. The highest BCUT2D eigenvalue weighted by Crippen LogP contribution is 2.25. The molecular formula is C12H16F2N2O2S. The van der Waals surface area contributed by atoms with E-state index in [1.54, 1.807) is 4.90 Å². The van der Waals surface area contributed by atoms with E-state index in [0.29, 0.717) is 13.0 Å². The Labute approximate surface area is 111 Å². The molecule has 1 heterocycles. The van der Waals surface area contributed by atoms with E-state index in [0.717, 1.165) is 0 Å². The molecule has 1 saturated heterocycles. The van der Waals surface area contributed by atoms with Gasteiger partial charge in [0.05, 0.1) is 17.2 Å². The molecule has 0 atom stereocenters. The van der Waals surface area contributed by atoms with Crippen LogP contribution in [-0.4, -0.2) is 33.0 Å². The summed E-state index contributed by atoms with van der Waals surface area (Å²) in [5.74, 6) is -1.85. The maximum absolute atomic E-state index is 13.9. The highest BCUT2D eigenvalue weighted by Gasteiger charge is 2.23. The van der Waals surface area contributed by atoms with Crippen LogP contribution in [0.15, 0.2) is 12.1 Å². The average molecular weight is 290 g/mol. The second kappa shape index (κ2) is 5.42. The molecule has 0 unspecified atom stereocenters. The third kappa shape index (κ3) is 3.03. The second-order valence-corrected chi connectivity index (χ2v) is 6.87. The molecule has 0 bridgehead atoms. The van der Waals surface area contributed by atoms with Gasteiger partial charge in [0.25, 0.3) is 0 Å². The minimum Gasteiger partial charge on any atom is -0.368 e. The van der Waals surface area contributed by atoms with Gasteiger partial charge < -0.3 is 10.6 Å². The zero-order valence-corrected chi connectivity index (χ0v) is 11.2. The molecule has 1 aromatic carbocycles. The first-order valence-corrected chi connectivity index (χ1v) is 7.89.